The number of anilines is 2. The molecule has 0 radical (unpaired) electrons. The van der Waals surface area contributed by atoms with Crippen LogP contribution in [0.25, 0.3) is 10.9 Å². The third-order valence-corrected chi connectivity index (χ3v) is 5.32. The van der Waals surface area contributed by atoms with Crippen LogP contribution in [0.2, 0.25) is 0 Å². The number of amides is 1. The zero-order valence-electron chi connectivity index (χ0n) is 16.2. The second-order valence-corrected chi connectivity index (χ2v) is 7.39. The van der Waals surface area contributed by atoms with Crippen molar-refractivity contribution < 1.29 is 4.79 Å². The van der Waals surface area contributed by atoms with Crippen molar-refractivity contribution in [3.8, 4) is 0 Å². The van der Waals surface area contributed by atoms with Gasteiger partial charge in [-0.25, -0.2) is 4.98 Å². The largest absolute Gasteiger partial charge is 0.372 e. The number of benzene rings is 2. The molecule has 3 aromatic rings. The van der Waals surface area contributed by atoms with Gasteiger partial charge in [0.1, 0.15) is 6.54 Å². The number of para-hydroxylation sites is 1. The Labute approximate surface area is 163 Å². The maximum Gasteiger partial charge on any atom is 0.261 e. The topological polar surface area (TPSA) is 67.2 Å². The summed E-state index contributed by atoms with van der Waals surface area (Å²) in [4.78, 5) is 31.9. The highest BCUT2D eigenvalue weighted by molar-refractivity contribution is 5.92. The molecule has 1 aromatic heterocycles. The molecule has 1 aliphatic rings. The van der Waals surface area contributed by atoms with Crippen LogP contribution < -0.4 is 15.8 Å². The molecule has 1 aliphatic heterocycles. The first-order valence-corrected chi connectivity index (χ1v) is 9.63. The summed E-state index contributed by atoms with van der Waals surface area (Å²) >= 11 is 0. The molecule has 0 atom stereocenters. The predicted octanol–water partition coefficient (Wildman–Crippen LogP) is 3.25. The standard InChI is InChI=1S/C22H24N4O2/c1-15-6-5-7-18-21(15)23-14-26(22(18)28)13-20(27)24-19-9-8-17(12-16(19)2)25-10-3-4-11-25/h5-9,12,14H,3-4,10-11,13H2,1-2H3,(H,24,27). The average molecular weight is 376 g/mol. The maximum atomic E-state index is 12.7. The van der Waals surface area contributed by atoms with Crippen molar-refractivity contribution in [1.29, 1.82) is 0 Å². The van der Waals surface area contributed by atoms with Gasteiger partial charge in [-0.05, 0) is 62.1 Å². The number of aryl methyl sites for hydroxylation is 2. The summed E-state index contributed by atoms with van der Waals surface area (Å²) in [6, 6.07) is 11.6. The van der Waals surface area contributed by atoms with Gasteiger partial charge in [0.2, 0.25) is 5.91 Å². The van der Waals surface area contributed by atoms with E-state index in [9.17, 15) is 9.59 Å². The molecule has 1 N–H and O–H groups in total. The third kappa shape index (κ3) is 3.50. The van der Waals surface area contributed by atoms with Crippen LogP contribution in [0.15, 0.2) is 47.5 Å². The van der Waals surface area contributed by atoms with Crippen molar-refractivity contribution in [1.82, 2.24) is 9.55 Å². The third-order valence-electron chi connectivity index (χ3n) is 5.32. The van der Waals surface area contributed by atoms with E-state index in [0.717, 1.165) is 29.9 Å². The molecule has 0 saturated carbocycles. The number of nitrogens with zero attached hydrogens (tertiary/aromatic N) is 3. The molecule has 2 heterocycles. The first kappa shape index (κ1) is 18.2. The van der Waals surface area contributed by atoms with E-state index in [1.54, 1.807) is 6.07 Å². The first-order valence-electron chi connectivity index (χ1n) is 9.63. The SMILES string of the molecule is Cc1cc(N2CCCC2)ccc1NC(=O)Cn1cnc2c(C)cccc2c1=O. The summed E-state index contributed by atoms with van der Waals surface area (Å²) in [5.74, 6) is -0.243. The number of hydrogen-bond acceptors (Lipinski definition) is 4. The van der Waals surface area contributed by atoms with Gasteiger partial charge in [-0.2, -0.15) is 0 Å². The molecule has 4 rings (SSSR count). The lowest BCUT2D eigenvalue weighted by molar-refractivity contribution is -0.116. The van der Waals surface area contributed by atoms with E-state index >= 15 is 0 Å². The lowest BCUT2D eigenvalue weighted by Crippen LogP contribution is -2.28. The molecule has 0 unspecified atom stereocenters. The Morgan fingerprint density at radius 3 is 2.64 bits per heavy atom. The second kappa shape index (κ2) is 7.46. The van der Waals surface area contributed by atoms with Crippen LogP contribution in [-0.2, 0) is 11.3 Å². The molecule has 0 aliphatic carbocycles. The number of carbonyl (C=O) groups excluding carboxylic acids is 1. The van der Waals surface area contributed by atoms with Gasteiger partial charge in [0.25, 0.3) is 5.56 Å². The Kier molecular flexibility index (Phi) is 4.86. The van der Waals surface area contributed by atoms with Gasteiger partial charge in [-0.1, -0.05) is 12.1 Å². The van der Waals surface area contributed by atoms with Crippen LogP contribution in [0.4, 0.5) is 11.4 Å². The summed E-state index contributed by atoms with van der Waals surface area (Å²) in [6.07, 6.45) is 3.90. The van der Waals surface area contributed by atoms with Gasteiger partial charge in [0.15, 0.2) is 0 Å². The van der Waals surface area contributed by atoms with Crippen LogP contribution in [0, 0.1) is 13.8 Å². The molecule has 144 valence electrons. The zero-order chi connectivity index (χ0) is 19.7. The molecule has 6 nitrogen and oxygen atoms in total. The number of carbonyl (C=O) groups is 1. The van der Waals surface area contributed by atoms with E-state index in [-0.39, 0.29) is 18.0 Å². The summed E-state index contributed by atoms with van der Waals surface area (Å²) < 4.78 is 1.35. The predicted molar refractivity (Wildman–Crippen MR) is 112 cm³/mol. The van der Waals surface area contributed by atoms with E-state index < -0.39 is 0 Å². The van der Waals surface area contributed by atoms with Crippen molar-refractivity contribution in [2.24, 2.45) is 0 Å². The second-order valence-electron chi connectivity index (χ2n) is 7.39. The highest BCUT2D eigenvalue weighted by Gasteiger charge is 2.14. The normalized spacial score (nSPS) is 13.9. The fourth-order valence-corrected chi connectivity index (χ4v) is 3.75. The van der Waals surface area contributed by atoms with Crippen molar-refractivity contribution in [2.75, 3.05) is 23.3 Å². The summed E-state index contributed by atoms with van der Waals surface area (Å²) in [6.45, 7) is 6.01. The molecule has 2 aromatic carbocycles. The first-order chi connectivity index (χ1) is 13.5. The van der Waals surface area contributed by atoms with Gasteiger partial charge in [0, 0.05) is 24.5 Å². The van der Waals surface area contributed by atoms with Gasteiger partial charge < -0.3 is 10.2 Å². The number of hydrogen-bond donors (Lipinski definition) is 1. The smallest absolute Gasteiger partial charge is 0.261 e. The Balaban J connectivity index is 1.51. The number of rotatable bonds is 4. The number of aromatic nitrogens is 2. The highest BCUT2D eigenvalue weighted by Crippen LogP contribution is 2.25. The minimum Gasteiger partial charge on any atom is -0.372 e. The van der Waals surface area contributed by atoms with E-state index in [1.807, 2.05) is 38.1 Å². The Morgan fingerprint density at radius 1 is 1.11 bits per heavy atom. The van der Waals surface area contributed by atoms with Crippen LogP contribution >= 0.6 is 0 Å². The molecule has 1 saturated heterocycles. The van der Waals surface area contributed by atoms with Gasteiger partial charge in [0.05, 0.1) is 17.2 Å². The monoisotopic (exact) mass is 376 g/mol. The van der Waals surface area contributed by atoms with Crippen LogP contribution in [0.5, 0.6) is 0 Å². The lowest BCUT2D eigenvalue weighted by atomic mass is 10.1. The van der Waals surface area contributed by atoms with Crippen LogP contribution in [0.3, 0.4) is 0 Å². The maximum absolute atomic E-state index is 12.7. The van der Waals surface area contributed by atoms with Crippen molar-refractivity contribution in [2.45, 2.75) is 33.2 Å². The number of fused-ring (bicyclic) bond motifs is 1. The Hall–Kier alpha value is -3.15. The van der Waals surface area contributed by atoms with Gasteiger partial charge in [-0.15, -0.1) is 0 Å². The quantitative estimate of drug-likeness (QED) is 0.759. The van der Waals surface area contributed by atoms with Crippen molar-refractivity contribution in [3.63, 3.8) is 0 Å². The molecular formula is C22H24N4O2. The Bertz CT molecular complexity index is 1100. The molecular weight excluding hydrogens is 352 g/mol. The van der Waals surface area contributed by atoms with Crippen LogP contribution in [0.1, 0.15) is 24.0 Å². The van der Waals surface area contributed by atoms with E-state index in [0.29, 0.717) is 10.9 Å². The lowest BCUT2D eigenvalue weighted by Gasteiger charge is -2.19. The molecule has 1 fully saturated rings. The van der Waals surface area contributed by atoms with Crippen molar-refractivity contribution >= 4 is 28.2 Å². The van der Waals surface area contributed by atoms with E-state index in [2.05, 4.69) is 21.3 Å². The minimum atomic E-state index is -0.243. The van der Waals surface area contributed by atoms with Crippen molar-refractivity contribution in [3.05, 3.63) is 64.2 Å². The highest BCUT2D eigenvalue weighted by atomic mass is 16.2. The molecule has 6 heteroatoms. The zero-order valence-corrected chi connectivity index (χ0v) is 16.2. The average Bonchev–Trinajstić information content (AvgIpc) is 3.21. The van der Waals surface area contributed by atoms with Crippen LogP contribution in [-0.4, -0.2) is 28.5 Å². The molecule has 0 bridgehead atoms. The van der Waals surface area contributed by atoms with Gasteiger partial charge >= 0.3 is 0 Å². The fourth-order valence-electron chi connectivity index (χ4n) is 3.75. The van der Waals surface area contributed by atoms with E-state index in [4.69, 9.17) is 0 Å². The minimum absolute atomic E-state index is 0.0664. The van der Waals surface area contributed by atoms with E-state index in [1.165, 1.54) is 29.4 Å². The molecule has 1 amide bonds. The fraction of sp³-hybridized carbons (Fsp3) is 0.318. The molecule has 28 heavy (non-hydrogen) atoms. The summed E-state index contributed by atoms with van der Waals surface area (Å²) in [5, 5.41) is 3.45. The Morgan fingerprint density at radius 2 is 1.89 bits per heavy atom. The summed E-state index contributed by atoms with van der Waals surface area (Å²) in [5.41, 5.74) is 4.39. The van der Waals surface area contributed by atoms with Gasteiger partial charge in [-0.3, -0.25) is 14.2 Å². The molecule has 0 spiro atoms. The summed E-state index contributed by atoms with van der Waals surface area (Å²) in [7, 11) is 0. The number of nitrogens with one attached hydrogen (secondary N) is 1.